The number of rotatable bonds is 6. The van der Waals surface area contributed by atoms with E-state index in [1.54, 1.807) is 29.0 Å². The van der Waals surface area contributed by atoms with E-state index in [2.05, 4.69) is 4.72 Å². The summed E-state index contributed by atoms with van der Waals surface area (Å²) in [6.07, 6.45) is 0. The fraction of sp³-hybridized carbons (Fsp3) is 0.0625. The first-order valence-corrected chi connectivity index (χ1v) is 10.2. The number of thiophene rings is 2. The molecule has 0 saturated heterocycles. The Bertz CT molecular complexity index is 991. The summed E-state index contributed by atoms with van der Waals surface area (Å²) in [4.78, 5) is 12.2. The number of benzene rings is 1. The summed E-state index contributed by atoms with van der Waals surface area (Å²) in [5, 5.41) is 3.52. The summed E-state index contributed by atoms with van der Waals surface area (Å²) >= 11 is 2.53. The van der Waals surface area contributed by atoms with Crippen molar-refractivity contribution in [2.24, 2.45) is 0 Å². The minimum Gasteiger partial charge on any atom is -0.288 e. The van der Waals surface area contributed by atoms with Crippen LogP contribution < -0.4 is 4.72 Å². The standard InChI is InChI=1S/C16H11F2NO3S3/c17-12-2-1-3-13(18)16(12)25(21,22)19-8-11-4-5-14(24-11)15(20)10-6-7-23-9-10/h1-7,9,19H,8H2. The lowest BCUT2D eigenvalue weighted by Gasteiger charge is -2.07. The maximum atomic E-state index is 13.6. The number of halogens is 2. The van der Waals surface area contributed by atoms with Gasteiger partial charge in [-0.3, -0.25) is 4.79 Å². The smallest absolute Gasteiger partial charge is 0.246 e. The molecule has 0 amide bonds. The molecule has 3 aromatic rings. The molecule has 0 unspecified atom stereocenters. The molecular formula is C16H11F2NO3S3. The van der Waals surface area contributed by atoms with E-state index >= 15 is 0 Å². The summed E-state index contributed by atoms with van der Waals surface area (Å²) in [6, 6.07) is 7.74. The Balaban J connectivity index is 1.75. The molecule has 0 aliphatic rings. The van der Waals surface area contributed by atoms with Crippen molar-refractivity contribution < 1.29 is 22.0 Å². The third kappa shape index (κ3) is 3.84. The third-order valence-electron chi connectivity index (χ3n) is 3.29. The second kappa shape index (κ2) is 7.12. The SMILES string of the molecule is O=C(c1ccsc1)c1ccc(CNS(=O)(=O)c2c(F)cccc2F)s1. The fourth-order valence-corrected chi connectivity index (χ4v) is 4.88. The maximum Gasteiger partial charge on any atom is 0.246 e. The highest BCUT2D eigenvalue weighted by atomic mass is 32.2. The number of hydrogen-bond donors (Lipinski definition) is 1. The minimum absolute atomic E-state index is 0.152. The number of nitrogens with one attached hydrogen (secondary N) is 1. The number of sulfonamides is 1. The molecule has 0 atom stereocenters. The predicted molar refractivity (Wildman–Crippen MR) is 92.5 cm³/mol. The van der Waals surface area contributed by atoms with E-state index in [9.17, 15) is 22.0 Å². The lowest BCUT2D eigenvalue weighted by molar-refractivity contribution is 0.104. The lowest BCUT2D eigenvalue weighted by atomic mass is 10.2. The van der Waals surface area contributed by atoms with E-state index in [1.165, 1.54) is 11.3 Å². The van der Waals surface area contributed by atoms with Crippen LogP contribution in [0.25, 0.3) is 0 Å². The van der Waals surface area contributed by atoms with Crippen LogP contribution in [0.3, 0.4) is 0 Å². The lowest BCUT2D eigenvalue weighted by Crippen LogP contribution is -2.24. The van der Waals surface area contributed by atoms with Gasteiger partial charge in [-0.15, -0.1) is 11.3 Å². The van der Waals surface area contributed by atoms with Crippen molar-refractivity contribution in [2.75, 3.05) is 0 Å². The molecule has 2 aromatic heterocycles. The van der Waals surface area contributed by atoms with Crippen LogP contribution in [-0.2, 0) is 16.6 Å². The first-order valence-electron chi connectivity index (χ1n) is 6.98. The average Bonchev–Trinajstić information content (AvgIpc) is 3.24. The predicted octanol–water partition coefficient (Wildman–Crippen LogP) is 3.80. The van der Waals surface area contributed by atoms with E-state index in [0.29, 0.717) is 15.3 Å². The van der Waals surface area contributed by atoms with Crippen molar-refractivity contribution in [3.63, 3.8) is 0 Å². The van der Waals surface area contributed by atoms with Crippen LogP contribution in [0.5, 0.6) is 0 Å². The van der Waals surface area contributed by atoms with Crippen LogP contribution in [-0.4, -0.2) is 14.2 Å². The van der Waals surface area contributed by atoms with Crippen LogP contribution >= 0.6 is 22.7 Å². The van der Waals surface area contributed by atoms with Gasteiger partial charge in [-0.2, -0.15) is 11.3 Å². The fourth-order valence-electron chi connectivity index (χ4n) is 2.11. The Morgan fingerprint density at radius 3 is 2.44 bits per heavy atom. The zero-order chi connectivity index (χ0) is 18.0. The summed E-state index contributed by atoms with van der Waals surface area (Å²) in [6.45, 7) is -0.169. The summed E-state index contributed by atoms with van der Waals surface area (Å²) < 4.78 is 53.7. The molecule has 9 heteroatoms. The van der Waals surface area contributed by atoms with E-state index < -0.39 is 26.6 Å². The Hall–Kier alpha value is -1.94. The highest BCUT2D eigenvalue weighted by molar-refractivity contribution is 7.89. The average molecular weight is 399 g/mol. The quantitative estimate of drug-likeness (QED) is 0.642. The van der Waals surface area contributed by atoms with Crippen LogP contribution in [0.4, 0.5) is 8.78 Å². The molecule has 130 valence electrons. The Morgan fingerprint density at radius 1 is 1.08 bits per heavy atom. The van der Waals surface area contributed by atoms with Gasteiger partial charge >= 0.3 is 0 Å². The molecule has 25 heavy (non-hydrogen) atoms. The zero-order valence-electron chi connectivity index (χ0n) is 12.5. The van der Waals surface area contributed by atoms with Gasteiger partial charge in [-0.05, 0) is 35.7 Å². The van der Waals surface area contributed by atoms with Crippen LogP contribution in [0, 0.1) is 11.6 Å². The molecule has 0 saturated carbocycles. The maximum absolute atomic E-state index is 13.6. The van der Waals surface area contributed by atoms with Gasteiger partial charge in [-0.1, -0.05) is 6.07 Å². The van der Waals surface area contributed by atoms with Crippen molar-refractivity contribution in [1.29, 1.82) is 0 Å². The molecule has 1 aromatic carbocycles. The largest absolute Gasteiger partial charge is 0.288 e. The second-order valence-electron chi connectivity index (χ2n) is 4.98. The van der Waals surface area contributed by atoms with Crippen molar-refractivity contribution in [1.82, 2.24) is 4.72 Å². The molecule has 0 bridgehead atoms. The van der Waals surface area contributed by atoms with Crippen molar-refractivity contribution in [3.05, 3.63) is 74.1 Å². The van der Waals surface area contributed by atoms with Gasteiger partial charge in [-0.25, -0.2) is 21.9 Å². The zero-order valence-corrected chi connectivity index (χ0v) is 15.0. The van der Waals surface area contributed by atoms with Gasteiger partial charge in [0.25, 0.3) is 0 Å². The summed E-state index contributed by atoms with van der Waals surface area (Å²) in [5.41, 5.74) is 0.562. The van der Waals surface area contributed by atoms with Gasteiger partial charge < -0.3 is 0 Å². The third-order valence-corrected chi connectivity index (χ3v) is 6.51. The van der Waals surface area contributed by atoms with Gasteiger partial charge in [0.2, 0.25) is 15.8 Å². The van der Waals surface area contributed by atoms with Gasteiger partial charge in [0.1, 0.15) is 11.6 Å². The highest BCUT2D eigenvalue weighted by Crippen LogP contribution is 2.23. The van der Waals surface area contributed by atoms with Gasteiger partial charge in [0.05, 0.1) is 4.88 Å². The molecular weight excluding hydrogens is 388 g/mol. The molecule has 2 heterocycles. The second-order valence-corrected chi connectivity index (χ2v) is 8.63. The van der Waals surface area contributed by atoms with E-state index in [-0.39, 0.29) is 12.3 Å². The van der Waals surface area contributed by atoms with E-state index in [0.717, 1.165) is 29.5 Å². The molecule has 4 nitrogen and oxygen atoms in total. The first kappa shape index (κ1) is 17.9. The number of carbonyl (C=O) groups excluding carboxylic acids is 1. The van der Waals surface area contributed by atoms with Crippen LogP contribution in [0.2, 0.25) is 0 Å². The van der Waals surface area contributed by atoms with Gasteiger partial charge in [0.15, 0.2) is 4.90 Å². The minimum atomic E-state index is -4.35. The van der Waals surface area contributed by atoms with Crippen LogP contribution in [0.15, 0.2) is 52.1 Å². The number of carbonyl (C=O) groups is 1. The molecule has 0 fully saturated rings. The van der Waals surface area contributed by atoms with E-state index in [1.807, 2.05) is 0 Å². The summed E-state index contributed by atoms with van der Waals surface area (Å²) in [5.74, 6) is -2.47. The number of ketones is 1. The molecule has 0 spiro atoms. The number of hydrogen-bond acceptors (Lipinski definition) is 5. The molecule has 0 radical (unpaired) electrons. The van der Waals surface area contributed by atoms with Crippen molar-refractivity contribution >= 4 is 38.5 Å². The summed E-state index contributed by atoms with van der Waals surface area (Å²) in [7, 11) is -4.35. The Morgan fingerprint density at radius 2 is 1.80 bits per heavy atom. The molecule has 0 aliphatic carbocycles. The Kier molecular flexibility index (Phi) is 5.09. The molecule has 1 N–H and O–H groups in total. The topological polar surface area (TPSA) is 63.2 Å². The first-order chi connectivity index (χ1) is 11.9. The van der Waals surface area contributed by atoms with E-state index in [4.69, 9.17) is 0 Å². The highest BCUT2D eigenvalue weighted by Gasteiger charge is 2.23. The normalized spacial score (nSPS) is 11.6. The van der Waals surface area contributed by atoms with Crippen molar-refractivity contribution in [2.45, 2.75) is 11.4 Å². The Labute approximate surface area is 150 Å². The van der Waals surface area contributed by atoms with Gasteiger partial charge in [0, 0.05) is 22.4 Å². The molecule has 3 rings (SSSR count). The van der Waals surface area contributed by atoms with Crippen LogP contribution in [0.1, 0.15) is 20.1 Å². The van der Waals surface area contributed by atoms with Crippen molar-refractivity contribution in [3.8, 4) is 0 Å². The molecule has 0 aliphatic heterocycles. The monoisotopic (exact) mass is 399 g/mol.